The minimum atomic E-state index is -0.0271. The van der Waals surface area contributed by atoms with Gasteiger partial charge in [-0.05, 0) is 25.0 Å². The highest BCUT2D eigenvalue weighted by Gasteiger charge is 2.22. The predicted molar refractivity (Wildman–Crippen MR) is 68.6 cm³/mol. The molecule has 0 radical (unpaired) electrons. The van der Waals surface area contributed by atoms with E-state index in [-0.39, 0.29) is 6.04 Å². The highest BCUT2D eigenvalue weighted by molar-refractivity contribution is 5.54. The van der Waals surface area contributed by atoms with Gasteiger partial charge in [0.1, 0.15) is 11.7 Å². The summed E-state index contributed by atoms with van der Waals surface area (Å²) in [6.45, 7) is 6.07. The summed E-state index contributed by atoms with van der Waals surface area (Å²) in [6.07, 6.45) is 1.81. The molecule has 0 spiro atoms. The summed E-state index contributed by atoms with van der Waals surface area (Å²) in [4.78, 5) is 8.78. The van der Waals surface area contributed by atoms with Crippen LogP contribution in [0.1, 0.15) is 23.1 Å². The minimum absolute atomic E-state index is 0.0271. The molecule has 100 valence electrons. The van der Waals surface area contributed by atoms with E-state index in [0.717, 1.165) is 30.0 Å². The van der Waals surface area contributed by atoms with Gasteiger partial charge < -0.3 is 14.6 Å². The molecule has 1 N–H and O–H groups in total. The zero-order valence-electron chi connectivity index (χ0n) is 11.0. The van der Waals surface area contributed by atoms with Crippen LogP contribution in [0.25, 0.3) is 11.5 Å². The second-order valence-electron chi connectivity index (χ2n) is 4.72. The number of hydrogen-bond acceptors (Lipinski definition) is 6. The van der Waals surface area contributed by atoms with Gasteiger partial charge in [-0.1, -0.05) is 11.2 Å². The molecule has 6 heteroatoms. The van der Waals surface area contributed by atoms with Crippen LogP contribution in [0.4, 0.5) is 0 Å². The van der Waals surface area contributed by atoms with Gasteiger partial charge in [-0.15, -0.1) is 0 Å². The van der Waals surface area contributed by atoms with Crippen molar-refractivity contribution in [2.24, 2.45) is 0 Å². The van der Waals surface area contributed by atoms with Crippen molar-refractivity contribution in [1.29, 1.82) is 0 Å². The number of aryl methyl sites for hydroxylation is 2. The van der Waals surface area contributed by atoms with Crippen molar-refractivity contribution in [3.8, 4) is 11.5 Å². The van der Waals surface area contributed by atoms with E-state index < -0.39 is 0 Å². The van der Waals surface area contributed by atoms with Crippen LogP contribution in [0.15, 0.2) is 16.8 Å². The van der Waals surface area contributed by atoms with E-state index >= 15 is 0 Å². The van der Waals surface area contributed by atoms with Crippen molar-refractivity contribution in [2.75, 3.05) is 19.8 Å². The van der Waals surface area contributed by atoms with E-state index in [0.29, 0.717) is 18.3 Å². The highest BCUT2D eigenvalue weighted by atomic mass is 16.5. The molecular weight excluding hydrogens is 244 g/mol. The lowest BCUT2D eigenvalue weighted by atomic mass is 10.1. The summed E-state index contributed by atoms with van der Waals surface area (Å²) in [6, 6.07) is 2.03. The smallest absolute Gasteiger partial charge is 0.246 e. The normalized spacial score (nSPS) is 19.6. The molecule has 1 aliphatic rings. The van der Waals surface area contributed by atoms with Crippen molar-refractivity contribution in [3.63, 3.8) is 0 Å². The first-order valence-electron chi connectivity index (χ1n) is 6.32. The Labute approximate surface area is 111 Å². The molecule has 6 nitrogen and oxygen atoms in total. The zero-order valence-corrected chi connectivity index (χ0v) is 11.0. The van der Waals surface area contributed by atoms with Gasteiger partial charge in [-0.25, -0.2) is 0 Å². The third-order valence-electron chi connectivity index (χ3n) is 3.09. The van der Waals surface area contributed by atoms with Gasteiger partial charge in [0.25, 0.3) is 0 Å². The van der Waals surface area contributed by atoms with Crippen LogP contribution < -0.4 is 5.32 Å². The predicted octanol–water partition coefficient (Wildman–Crippen LogP) is 1.41. The van der Waals surface area contributed by atoms with Gasteiger partial charge in [0.2, 0.25) is 11.7 Å². The molecule has 1 saturated heterocycles. The molecular formula is C13H16N4O2. The maximum absolute atomic E-state index is 5.39. The lowest BCUT2D eigenvalue weighted by Gasteiger charge is -2.20. The van der Waals surface area contributed by atoms with Crippen molar-refractivity contribution >= 4 is 0 Å². The van der Waals surface area contributed by atoms with E-state index in [1.54, 1.807) is 6.20 Å². The fraction of sp³-hybridized carbons (Fsp3) is 0.462. The molecule has 1 unspecified atom stereocenters. The van der Waals surface area contributed by atoms with E-state index in [2.05, 4.69) is 26.5 Å². The summed E-state index contributed by atoms with van der Waals surface area (Å²) < 4.78 is 10.7. The largest absolute Gasteiger partial charge is 0.378 e. The Bertz CT molecular complexity index is 576. The fourth-order valence-corrected chi connectivity index (χ4v) is 2.15. The lowest BCUT2D eigenvalue weighted by molar-refractivity contribution is 0.0659. The third-order valence-corrected chi connectivity index (χ3v) is 3.09. The topological polar surface area (TPSA) is 73.1 Å². The Morgan fingerprint density at radius 3 is 3.00 bits per heavy atom. The zero-order chi connectivity index (χ0) is 13.2. The third kappa shape index (κ3) is 2.50. The number of nitrogens with zero attached hydrogens (tertiary/aromatic N) is 3. The Kier molecular flexibility index (Phi) is 3.27. The maximum Gasteiger partial charge on any atom is 0.246 e. The number of aromatic nitrogens is 3. The Balaban J connectivity index is 1.87. The first-order chi connectivity index (χ1) is 9.24. The standard InChI is InChI=1S/C13H16N4O2/c1-8-5-9(2)11(15-6-8)12-16-13(19-17-12)10-7-18-4-3-14-10/h5-6,10,14H,3-4,7H2,1-2H3. The SMILES string of the molecule is Cc1cnc(-c2noc(C3COCCN3)n2)c(C)c1. The van der Waals surface area contributed by atoms with Crippen LogP contribution in [0.3, 0.4) is 0 Å². The summed E-state index contributed by atoms with van der Waals surface area (Å²) in [5.74, 6) is 1.08. The van der Waals surface area contributed by atoms with Gasteiger partial charge in [-0.3, -0.25) is 4.98 Å². The number of nitrogens with one attached hydrogen (secondary N) is 1. The molecule has 2 aromatic heterocycles. The van der Waals surface area contributed by atoms with Crippen LogP contribution >= 0.6 is 0 Å². The van der Waals surface area contributed by atoms with Crippen LogP contribution in [0.5, 0.6) is 0 Å². The van der Waals surface area contributed by atoms with Crippen molar-refractivity contribution in [2.45, 2.75) is 19.9 Å². The molecule has 1 atom stereocenters. The number of hydrogen-bond donors (Lipinski definition) is 1. The molecule has 2 aromatic rings. The van der Waals surface area contributed by atoms with Crippen LogP contribution in [0.2, 0.25) is 0 Å². The molecule has 19 heavy (non-hydrogen) atoms. The van der Waals surface area contributed by atoms with E-state index in [1.165, 1.54) is 0 Å². The monoisotopic (exact) mass is 260 g/mol. The van der Waals surface area contributed by atoms with Crippen molar-refractivity contribution < 1.29 is 9.26 Å². The van der Waals surface area contributed by atoms with Gasteiger partial charge in [0, 0.05) is 12.7 Å². The quantitative estimate of drug-likeness (QED) is 0.880. The van der Waals surface area contributed by atoms with E-state index in [9.17, 15) is 0 Å². The molecule has 0 bridgehead atoms. The fourth-order valence-electron chi connectivity index (χ4n) is 2.15. The van der Waals surface area contributed by atoms with Crippen LogP contribution in [0, 0.1) is 13.8 Å². The number of morpholine rings is 1. The molecule has 0 saturated carbocycles. The highest BCUT2D eigenvalue weighted by Crippen LogP contribution is 2.21. The Morgan fingerprint density at radius 2 is 2.26 bits per heavy atom. The Hall–Kier alpha value is -1.79. The molecule has 3 rings (SSSR count). The van der Waals surface area contributed by atoms with E-state index in [4.69, 9.17) is 9.26 Å². The summed E-state index contributed by atoms with van der Waals surface area (Å²) in [7, 11) is 0. The summed E-state index contributed by atoms with van der Waals surface area (Å²) in [5.41, 5.74) is 2.92. The van der Waals surface area contributed by atoms with Crippen LogP contribution in [-0.4, -0.2) is 34.9 Å². The van der Waals surface area contributed by atoms with Gasteiger partial charge in [0.15, 0.2) is 0 Å². The average molecular weight is 260 g/mol. The average Bonchev–Trinajstić information content (AvgIpc) is 2.89. The molecule has 3 heterocycles. The molecule has 1 fully saturated rings. The second kappa shape index (κ2) is 5.07. The number of pyridine rings is 1. The first-order valence-corrected chi connectivity index (χ1v) is 6.32. The molecule has 0 amide bonds. The lowest BCUT2D eigenvalue weighted by Crippen LogP contribution is -2.34. The van der Waals surface area contributed by atoms with Crippen molar-refractivity contribution in [1.82, 2.24) is 20.4 Å². The molecule has 0 aliphatic carbocycles. The van der Waals surface area contributed by atoms with Crippen LogP contribution in [-0.2, 0) is 4.74 Å². The second-order valence-corrected chi connectivity index (χ2v) is 4.72. The minimum Gasteiger partial charge on any atom is -0.378 e. The Morgan fingerprint density at radius 1 is 1.37 bits per heavy atom. The summed E-state index contributed by atoms with van der Waals surface area (Å²) in [5, 5.41) is 7.29. The number of ether oxygens (including phenoxy) is 1. The molecule has 0 aromatic carbocycles. The first kappa shape index (κ1) is 12.3. The van der Waals surface area contributed by atoms with E-state index in [1.807, 2.05) is 13.8 Å². The summed E-state index contributed by atoms with van der Waals surface area (Å²) >= 11 is 0. The van der Waals surface area contributed by atoms with Gasteiger partial charge in [0.05, 0.1) is 13.2 Å². The van der Waals surface area contributed by atoms with Crippen molar-refractivity contribution in [3.05, 3.63) is 29.3 Å². The van der Waals surface area contributed by atoms with Gasteiger partial charge >= 0.3 is 0 Å². The van der Waals surface area contributed by atoms with Gasteiger partial charge in [-0.2, -0.15) is 4.98 Å². The molecule has 1 aliphatic heterocycles. The number of rotatable bonds is 2. The maximum atomic E-state index is 5.39.